The van der Waals surface area contributed by atoms with Gasteiger partial charge in [-0.1, -0.05) is 18.7 Å². The highest BCUT2D eigenvalue weighted by Gasteiger charge is 2.38. The number of nitrogens with zero attached hydrogens (tertiary/aromatic N) is 5. The smallest absolute Gasteiger partial charge is 0.229 e. The summed E-state index contributed by atoms with van der Waals surface area (Å²) in [7, 11) is 0. The lowest BCUT2D eigenvalue weighted by molar-refractivity contribution is -0.00537. The van der Waals surface area contributed by atoms with Gasteiger partial charge in [-0.15, -0.1) is 0 Å². The number of hydrogen-bond donors (Lipinski definition) is 0. The summed E-state index contributed by atoms with van der Waals surface area (Å²) in [6, 6.07) is 4.50. The highest BCUT2D eigenvalue weighted by atomic mass is 16.5. The number of pyridine rings is 1. The van der Waals surface area contributed by atoms with Crippen LogP contribution in [0.3, 0.4) is 0 Å². The Morgan fingerprint density at radius 2 is 1.90 bits per heavy atom. The molecule has 0 aliphatic carbocycles. The fourth-order valence-corrected chi connectivity index (χ4v) is 5.09. The van der Waals surface area contributed by atoms with Crippen LogP contribution in [0.25, 0.3) is 16.6 Å². The average molecular weight is 422 g/mol. The molecule has 2 aromatic heterocycles. The molecule has 5 heterocycles. The third-order valence-electron chi connectivity index (χ3n) is 6.44. The van der Waals surface area contributed by atoms with Crippen LogP contribution in [-0.4, -0.2) is 66.0 Å². The molecule has 7 nitrogen and oxygen atoms in total. The van der Waals surface area contributed by atoms with Crippen LogP contribution in [0, 0.1) is 5.92 Å². The summed E-state index contributed by atoms with van der Waals surface area (Å²) >= 11 is 0. The zero-order valence-corrected chi connectivity index (χ0v) is 18.6. The number of rotatable bonds is 4. The Morgan fingerprint density at radius 1 is 1.10 bits per heavy atom. The minimum Gasteiger partial charge on any atom is -0.379 e. The van der Waals surface area contributed by atoms with E-state index in [-0.39, 0.29) is 12.2 Å². The Bertz CT molecular complexity index is 1010. The van der Waals surface area contributed by atoms with Crippen LogP contribution in [0.2, 0.25) is 0 Å². The fraction of sp³-hybridized carbons (Fsp3) is 0.542. The van der Waals surface area contributed by atoms with E-state index >= 15 is 0 Å². The zero-order valence-electron chi connectivity index (χ0n) is 18.6. The Labute approximate surface area is 183 Å². The maximum absolute atomic E-state index is 5.97. The minimum atomic E-state index is 0.154. The van der Waals surface area contributed by atoms with Gasteiger partial charge in [0.2, 0.25) is 5.95 Å². The van der Waals surface area contributed by atoms with E-state index < -0.39 is 0 Å². The van der Waals surface area contributed by atoms with E-state index in [9.17, 15) is 0 Å². The molecule has 3 aliphatic rings. The van der Waals surface area contributed by atoms with E-state index in [0.29, 0.717) is 12.0 Å². The predicted octanol–water partition coefficient (Wildman–Crippen LogP) is 3.45. The summed E-state index contributed by atoms with van der Waals surface area (Å²) in [6.07, 6.45) is 5.22. The van der Waals surface area contributed by atoms with Crippen molar-refractivity contribution in [3.8, 4) is 0 Å². The van der Waals surface area contributed by atoms with Crippen LogP contribution >= 0.6 is 0 Å². The third-order valence-corrected chi connectivity index (χ3v) is 6.44. The topological polar surface area (TPSA) is 63.6 Å². The summed E-state index contributed by atoms with van der Waals surface area (Å²) in [4.78, 5) is 19.6. The van der Waals surface area contributed by atoms with Gasteiger partial charge in [-0.2, -0.15) is 9.97 Å². The van der Waals surface area contributed by atoms with Crippen molar-refractivity contribution in [3.05, 3.63) is 36.6 Å². The second kappa shape index (κ2) is 8.20. The van der Waals surface area contributed by atoms with Crippen LogP contribution in [0.4, 0.5) is 11.8 Å². The zero-order chi connectivity index (χ0) is 21.5. The molecule has 31 heavy (non-hydrogen) atoms. The van der Waals surface area contributed by atoms with Gasteiger partial charge in [-0.25, -0.2) is 4.98 Å². The Hall–Kier alpha value is -2.51. The second-order valence-electron chi connectivity index (χ2n) is 9.11. The van der Waals surface area contributed by atoms with Gasteiger partial charge in [0.25, 0.3) is 0 Å². The molecular formula is C24H31N5O2. The molecule has 3 aliphatic heterocycles. The van der Waals surface area contributed by atoms with Crippen molar-refractivity contribution in [1.29, 1.82) is 0 Å². The molecule has 0 saturated carbocycles. The van der Waals surface area contributed by atoms with Crippen LogP contribution in [0.5, 0.6) is 0 Å². The third kappa shape index (κ3) is 3.92. The number of allylic oxidation sites excluding steroid dienone is 3. The van der Waals surface area contributed by atoms with Crippen molar-refractivity contribution in [2.45, 2.75) is 45.4 Å². The van der Waals surface area contributed by atoms with E-state index in [0.717, 1.165) is 73.3 Å². The minimum absolute atomic E-state index is 0.154. The number of morpholine rings is 1. The van der Waals surface area contributed by atoms with Crippen molar-refractivity contribution in [2.24, 2.45) is 5.92 Å². The largest absolute Gasteiger partial charge is 0.379 e. The SMILES string of the molecule is C=CC=C(C)c1ccc2c(N3CC(C)OC(C)C3)nc(N3CC4COCC3C4)nc2n1. The van der Waals surface area contributed by atoms with Gasteiger partial charge in [-0.3, -0.25) is 0 Å². The highest BCUT2D eigenvalue weighted by molar-refractivity contribution is 5.89. The van der Waals surface area contributed by atoms with Crippen LogP contribution < -0.4 is 9.80 Å². The molecule has 5 rings (SSSR count). The Morgan fingerprint density at radius 3 is 2.65 bits per heavy atom. The van der Waals surface area contributed by atoms with E-state index in [1.165, 1.54) is 0 Å². The summed E-state index contributed by atoms with van der Waals surface area (Å²) in [5.74, 6) is 2.28. The molecule has 0 N–H and O–H groups in total. The fourth-order valence-electron chi connectivity index (χ4n) is 5.09. The van der Waals surface area contributed by atoms with Gasteiger partial charge in [0.1, 0.15) is 5.82 Å². The van der Waals surface area contributed by atoms with Crippen LogP contribution in [0.15, 0.2) is 30.9 Å². The first-order valence-corrected chi connectivity index (χ1v) is 11.2. The molecule has 0 spiro atoms. The lowest BCUT2D eigenvalue weighted by Gasteiger charge is -2.37. The molecule has 0 radical (unpaired) electrons. The van der Waals surface area contributed by atoms with E-state index in [1.807, 2.05) is 19.1 Å². The molecule has 3 fully saturated rings. The van der Waals surface area contributed by atoms with Crippen molar-refractivity contribution in [1.82, 2.24) is 15.0 Å². The number of fused-ring (bicyclic) bond motifs is 3. The maximum atomic E-state index is 5.97. The monoisotopic (exact) mass is 421 g/mol. The first-order chi connectivity index (χ1) is 15.0. The van der Waals surface area contributed by atoms with E-state index in [2.05, 4.69) is 36.3 Å². The molecule has 2 bridgehead atoms. The van der Waals surface area contributed by atoms with Crippen molar-refractivity contribution in [3.63, 3.8) is 0 Å². The summed E-state index contributed by atoms with van der Waals surface area (Å²) in [5, 5.41) is 0.985. The lowest BCUT2D eigenvalue weighted by atomic mass is 10.1. The summed E-state index contributed by atoms with van der Waals surface area (Å²) < 4.78 is 11.8. The van der Waals surface area contributed by atoms with Gasteiger partial charge in [0, 0.05) is 25.6 Å². The molecule has 3 saturated heterocycles. The van der Waals surface area contributed by atoms with Crippen LogP contribution in [0.1, 0.15) is 32.9 Å². The predicted molar refractivity (Wildman–Crippen MR) is 123 cm³/mol. The quantitative estimate of drug-likeness (QED) is 0.701. The molecule has 0 aromatic carbocycles. The summed E-state index contributed by atoms with van der Waals surface area (Å²) in [6.45, 7) is 14.2. The standard InChI is InChI=1S/C24H31N5O2/c1-5-6-15(2)21-8-7-20-22(25-21)26-24(29-12-18-9-19(29)14-30-13-18)27-23(20)28-10-16(3)31-17(4)11-28/h5-8,16-19H,1,9-14H2,2-4H3. The number of anilines is 2. The molecular weight excluding hydrogens is 390 g/mol. The Kier molecular flexibility index (Phi) is 5.40. The number of aromatic nitrogens is 3. The molecule has 0 amide bonds. The van der Waals surface area contributed by atoms with Crippen LogP contribution in [-0.2, 0) is 9.47 Å². The first kappa shape index (κ1) is 20.4. The Balaban J connectivity index is 1.62. The molecule has 164 valence electrons. The van der Waals surface area contributed by atoms with Gasteiger partial charge >= 0.3 is 0 Å². The number of hydrogen-bond acceptors (Lipinski definition) is 7. The van der Waals surface area contributed by atoms with Gasteiger partial charge < -0.3 is 19.3 Å². The van der Waals surface area contributed by atoms with Crippen molar-refractivity contribution in [2.75, 3.05) is 42.6 Å². The number of ether oxygens (including phenoxy) is 2. The molecule has 4 unspecified atom stereocenters. The molecule has 4 atom stereocenters. The normalized spacial score (nSPS) is 28.9. The highest BCUT2D eigenvalue weighted by Crippen LogP contribution is 2.34. The average Bonchev–Trinajstić information content (AvgIpc) is 3.05. The van der Waals surface area contributed by atoms with E-state index in [1.54, 1.807) is 6.08 Å². The summed E-state index contributed by atoms with van der Waals surface area (Å²) in [5.41, 5.74) is 2.72. The van der Waals surface area contributed by atoms with Gasteiger partial charge in [0.05, 0.1) is 42.5 Å². The van der Waals surface area contributed by atoms with Gasteiger partial charge in [0.15, 0.2) is 5.65 Å². The lowest BCUT2D eigenvalue weighted by Crippen LogP contribution is -2.46. The molecule has 2 aromatic rings. The molecule has 7 heteroatoms. The second-order valence-corrected chi connectivity index (χ2v) is 9.11. The van der Waals surface area contributed by atoms with Gasteiger partial charge in [-0.05, 0) is 44.9 Å². The van der Waals surface area contributed by atoms with E-state index in [4.69, 9.17) is 24.4 Å². The first-order valence-electron chi connectivity index (χ1n) is 11.2. The maximum Gasteiger partial charge on any atom is 0.229 e. The van der Waals surface area contributed by atoms with Crippen molar-refractivity contribution < 1.29 is 9.47 Å². The van der Waals surface area contributed by atoms with Crippen molar-refractivity contribution >= 4 is 28.4 Å².